The fourth-order valence-electron chi connectivity index (χ4n) is 1.46. The van der Waals surface area contributed by atoms with Crippen LogP contribution in [-0.4, -0.2) is 22.1 Å². The van der Waals surface area contributed by atoms with Crippen LogP contribution in [0, 0.1) is 0 Å². The average Bonchev–Trinajstić information content (AvgIpc) is 2.79. The summed E-state index contributed by atoms with van der Waals surface area (Å²) in [6.45, 7) is 2.80. The molecule has 0 bridgehead atoms. The van der Waals surface area contributed by atoms with Gasteiger partial charge in [-0.1, -0.05) is 23.8 Å². The molecule has 1 aromatic rings. The highest BCUT2D eigenvalue weighted by Crippen LogP contribution is 2.16. The Morgan fingerprint density at radius 3 is 3.40 bits per heavy atom. The van der Waals surface area contributed by atoms with Crippen molar-refractivity contribution in [1.29, 1.82) is 0 Å². The maximum absolute atomic E-state index is 4.75. The van der Waals surface area contributed by atoms with E-state index in [0.717, 1.165) is 23.0 Å². The summed E-state index contributed by atoms with van der Waals surface area (Å²) in [7, 11) is 0. The lowest BCUT2D eigenvalue weighted by atomic mass is 10.2. The van der Waals surface area contributed by atoms with Gasteiger partial charge in [0.25, 0.3) is 0 Å². The van der Waals surface area contributed by atoms with Crippen LogP contribution in [-0.2, 0) is 6.54 Å². The van der Waals surface area contributed by atoms with E-state index in [4.69, 9.17) is 4.52 Å². The number of aliphatic imine (C=N–C) groups is 1. The molecule has 0 spiro atoms. The molecule has 0 radical (unpaired) electrons. The predicted octanol–water partition coefficient (Wildman–Crippen LogP) is 2.04. The number of aromatic nitrogens is 1. The molecule has 1 unspecified atom stereocenters. The molecule has 2 heterocycles. The number of rotatable bonds is 3. The minimum Gasteiger partial charge on any atom is -0.364 e. The topological polar surface area (TPSA) is 50.4 Å². The van der Waals surface area contributed by atoms with Gasteiger partial charge >= 0.3 is 0 Å². The van der Waals surface area contributed by atoms with E-state index in [1.165, 1.54) is 6.42 Å². The first-order chi connectivity index (χ1) is 7.38. The zero-order chi connectivity index (χ0) is 10.5. The Hall–Kier alpha value is -0.970. The van der Waals surface area contributed by atoms with Crippen molar-refractivity contribution in [2.75, 3.05) is 5.75 Å². The third-order valence-electron chi connectivity index (χ3n) is 2.40. The van der Waals surface area contributed by atoms with Gasteiger partial charge in [-0.3, -0.25) is 4.99 Å². The van der Waals surface area contributed by atoms with Crippen LogP contribution in [0.4, 0.5) is 0 Å². The van der Waals surface area contributed by atoms with Gasteiger partial charge in [-0.2, -0.15) is 0 Å². The monoisotopic (exact) mass is 225 g/mol. The van der Waals surface area contributed by atoms with E-state index < -0.39 is 0 Å². The SMILES string of the molecule is CCC1CCSC(=NCc2ccon2)N1. The molecule has 2 rings (SSSR count). The summed E-state index contributed by atoms with van der Waals surface area (Å²) < 4.78 is 4.75. The van der Waals surface area contributed by atoms with Gasteiger partial charge in [0.2, 0.25) is 0 Å². The van der Waals surface area contributed by atoms with Gasteiger partial charge in [0, 0.05) is 17.9 Å². The second-order valence-corrected chi connectivity index (χ2v) is 4.58. The molecule has 1 N–H and O–H groups in total. The number of amidine groups is 1. The fourth-order valence-corrected chi connectivity index (χ4v) is 2.46. The molecule has 1 aromatic heterocycles. The van der Waals surface area contributed by atoms with E-state index in [2.05, 4.69) is 22.4 Å². The van der Waals surface area contributed by atoms with E-state index in [9.17, 15) is 0 Å². The Morgan fingerprint density at radius 1 is 1.73 bits per heavy atom. The lowest BCUT2D eigenvalue weighted by Crippen LogP contribution is -2.37. The van der Waals surface area contributed by atoms with Crippen LogP contribution in [0.25, 0.3) is 0 Å². The van der Waals surface area contributed by atoms with Gasteiger partial charge < -0.3 is 9.84 Å². The van der Waals surface area contributed by atoms with Crippen molar-refractivity contribution in [3.8, 4) is 0 Å². The third-order valence-corrected chi connectivity index (χ3v) is 3.36. The fraction of sp³-hybridized carbons (Fsp3) is 0.600. The normalized spacial score (nSPS) is 24.1. The van der Waals surface area contributed by atoms with Crippen LogP contribution in [0.3, 0.4) is 0 Å². The van der Waals surface area contributed by atoms with Gasteiger partial charge in [0.1, 0.15) is 12.0 Å². The Bertz CT molecular complexity index is 323. The first-order valence-corrected chi connectivity index (χ1v) is 6.20. The van der Waals surface area contributed by atoms with Crippen molar-refractivity contribution < 1.29 is 4.52 Å². The highest BCUT2D eigenvalue weighted by molar-refractivity contribution is 8.13. The van der Waals surface area contributed by atoms with Gasteiger partial charge in [0.05, 0.1) is 6.54 Å². The van der Waals surface area contributed by atoms with Crippen molar-refractivity contribution >= 4 is 16.9 Å². The minimum absolute atomic E-state index is 0.585. The molecule has 1 saturated heterocycles. The van der Waals surface area contributed by atoms with Gasteiger partial charge in [-0.05, 0) is 12.8 Å². The second-order valence-electron chi connectivity index (χ2n) is 3.50. The van der Waals surface area contributed by atoms with E-state index >= 15 is 0 Å². The van der Waals surface area contributed by atoms with E-state index in [-0.39, 0.29) is 0 Å². The van der Waals surface area contributed by atoms with Gasteiger partial charge in [0.15, 0.2) is 5.17 Å². The largest absolute Gasteiger partial charge is 0.364 e. The van der Waals surface area contributed by atoms with Crippen LogP contribution >= 0.6 is 11.8 Å². The van der Waals surface area contributed by atoms with E-state index in [1.807, 2.05) is 6.07 Å². The number of nitrogens with one attached hydrogen (secondary N) is 1. The van der Waals surface area contributed by atoms with Crippen LogP contribution < -0.4 is 5.32 Å². The summed E-state index contributed by atoms with van der Waals surface area (Å²) in [6, 6.07) is 2.43. The molecule has 0 saturated carbocycles. The molecular formula is C10H15N3OS. The molecule has 15 heavy (non-hydrogen) atoms. The lowest BCUT2D eigenvalue weighted by Gasteiger charge is -2.24. The molecule has 1 aliphatic rings. The number of hydrogen-bond acceptors (Lipinski definition) is 4. The smallest absolute Gasteiger partial charge is 0.157 e. The highest BCUT2D eigenvalue weighted by Gasteiger charge is 2.15. The zero-order valence-electron chi connectivity index (χ0n) is 8.77. The van der Waals surface area contributed by atoms with Gasteiger partial charge in [-0.15, -0.1) is 0 Å². The maximum Gasteiger partial charge on any atom is 0.157 e. The molecule has 5 heteroatoms. The highest BCUT2D eigenvalue weighted by atomic mass is 32.2. The Balaban J connectivity index is 1.89. The quantitative estimate of drug-likeness (QED) is 0.855. The number of hydrogen-bond donors (Lipinski definition) is 1. The van der Waals surface area contributed by atoms with E-state index in [0.29, 0.717) is 12.6 Å². The molecule has 1 fully saturated rings. The molecule has 0 aromatic carbocycles. The summed E-state index contributed by atoms with van der Waals surface area (Å²) in [5, 5.41) is 8.28. The first kappa shape index (κ1) is 10.5. The van der Waals surface area contributed by atoms with Crippen LogP contribution in [0.1, 0.15) is 25.5 Å². The summed E-state index contributed by atoms with van der Waals surface area (Å²) in [6.07, 6.45) is 3.96. The average molecular weight is 225 g/mol. The number of thioether (sulfide) groups is 1. The van der Waals surface area contributed by atoms with E-state index in [1.54, 1.807) is 18.0 Å². The lowest BCUT2D eigenvalue weighted by molar-refractivity contribution is 0.412. The molecule has 1 atom stereocenters. The second kappa shape index (κ2) is 5.21. The summed E-state index contributed by atoms with van der Waals surface area (Å²) in [5.41, 5.74) is 0.878. The summed E-state index contributed by atoms with van der Waals surface area (Å²) in [5.74, 6) is 1.16. The van der Waals surface area contributed by atoms with Crippen LogP contribution in [0.15, 0.2) is 21.8 Å². The summed E-state index contributed by atoms with van der Waals surface area (Å²) >= 11 is 1.78. The molecule has 1 aliphatic heterocycles. The number of nitrogens with zero attached hydrogens (tertiary/aromatic N) is 2. The zero-order valence-corrected chi connectivity index (χ0v) is 9.59. The van der Waals surface area contributed by atoms with Crippen LogP contribution in [0.2, 0.25) is 0 Å². The van der Waals surface area contributed by atoms with Crippen molar-refractivity contribution in [1.82, 2.24) is 10.5 Å². The molecule has 4 nitrogen and oxygen atoms in total. The van der Waals surface area contributed by atoms with Crippen molar-refractivity contribution in [3.63, 3.8) is 0 Å². The first-order valence-electron chi connectivity index (χ1n) is 5.21. The molecule has 0 aliphatic carbocycles. The Morgan fingerprint density at radius 2 is 2.67 bits per heavy atom. The molecule has 0 amide bonds. The Kier molecular flexibility index (Phi) is 3.66. The van der Waals surface area contributed by atoms with Gasteiger partial charge in [-0.25, -0.2) is 0 Å². The van der Waals surface area contributed by atoms with Crippen molar-refractivity contribution in [2.24, 2.45) is 4.99 Å². The summed E-state index contributed by atoms with van der Waals surface area (Å²) in [4.78, 5) is 4.47. The third kappa shape index (κ3) is 2.99. The maximum atomic E-state index is 4.75. The van der Waals surface area contributed by atoms with Crippen molar-refractivity contribution in [2.45, 2.75) is 32.4 Å². The predicted molar refractivity (Wildman–Crippen MR) is 61.9 cm³/mol. The molecule has 82 valence electrons. The van der Waals surface area contributed by atoms with Crippen molar-refractivity contribution in [3.05, 3.63) is 18.0 Å². The standard InChI is InChI=1S/C10H15N3OS/c1-2-8-4-6-15-10(12-8)11-7-9-3-5-14-13-9/h3,5,8H,2,4,6-7H2,1H3,(H,11,12). The molecular weight excluding hydrogens is 210 g/mol. The minimum atomic E-state index is 0.585. The van der Waals surface area contributed by atoms with Crippen LogP contribution in [0.5, 0.6) is 0 Å². The Labute approximate surface area is 93.5 Å².